The molecular weight excluding hydrogens is 224 g/mol. The topological polar surface area (TPSA) is 46.3 Å². The first kappa shape index (κ1) is 13.9. The fourth-order valence-electron chi connectivity index (χ4n) is 3.68. The van der Waals surface area contributed by atoms with E-state index < -0.39 is 0 Å². The molecule has 2 rings (SSSR count). The predicted molar refractivity (Wildman–Crippen MR) is 74.2 cm³/mol. The second-order valence-electron chi connectivity index (χ2n) is 5.94. The molecule has 0 aromatic carbocycles. The molecule has 2 aliphatic rings. The van der Waals surface area contributed by atoms with E-state index in [9.17, 15) is 4.79 Å². The van der Waals surface area contributed by atoms with Crippen LogP contribution in [0.5, 0.6) is 0 Å². The third-order valence-electron chi connectivity index (χ3n) is 4.66. The first-order valence-corrected chi connectivity index (χ1v) is 7.82. The maximum Gasteiger partial charge on any atom is 0.222 e. The smallest absolute Gasteiger partial charge is 0.222 e. The van der Waals surface area contributed by atoms with Crippen LogP contribution in [0.1, 0.15) is 64.2 Å². The first-order chi connectivity index (χ1) is 8.83. The third-order valence-corrected chi connectivity index (χ3v) is 4.66. The molecule has 1 aliphatic heterocycles. The second kappa shape index (κ2) is 7.13. The standard InChI is InChI=1S/C15H28N2O/c16-11-5-1-2-10-15(18)17-12-6-9-14(17)13-7-3-4-8-13/h13-14H,1-12,16H2. The van der Waals surface area contributed by atoms with E-state index in [4.69, 9.17) is 5.73 Å². The van der Waals surface area contributed by atoms with Gasteiger partial charge in [-0.25, -0.2) is 0 Å². The summed E-state index contributed by atoms with van der Waals surface area (Å²) < 4.78 is 0. The highest BCUT2D eigenvalue weighted by Gasteiger charge is 2.35. The number of rotatable bonds is 6. The van der Waals surface area contributed by atoms with E-state index in [2.05, 4.69) is 4.90 Å². The van der Waals surface area contributed by atoms with Crippen molar-refractivity contribution in [3.05, 3.63) is 0 Å². The first-order valence-electron chi connectivity index (χ1n) is 7.82. The van der Waals surface area contributed by atoms with E-state index in [0.29, 0.717) is 11.9 Å². The van der Waals surface area contributed by atoms with Gasteiger partial charge in [0.15, 0.2) is 0 Å². The lowest BCUT2D eigenvalue weighted by Gasteiger charge is -2.29. The van der Waals surface area contributed by atoms with Gasteiger partial charge >= 0.3 is 0 Å². The zero-order valence-electron chi connectivity index (χ0n) is 11.6. The molecule has 1 saturated carbocycles. The number of hydrogen-bond acceptors (Lipinski definition) is 2. The van der Waals surface area contributed by atoms with Crippen LogP contribution in [0.15, 0.2) is 0 Å². The molecule has 0 spiro atoms. The van der Waals surface area contributed by atoms with Crippen LogP contribution in [-0.2, 0) is 4.79 Å². The molecule has 2 fully saturated rings. The fourth-order valence-corrected chi connectivity index (χ4v) is 3.68. The van der Waals surface area contributed by atoms with Gasteiger partial charge in [0.1, 0.15) is 0 Å². The number of nitrogens with zero attached hydrogens (tertiary/aromatic N) is 1. The van der Waals surface area contributed by atoms with Gasteiger partial charge in [-0.3, -0.25) is 4.79 Å². The summed E-state index contributed by atoms with van der Waals surface area (Å²) in [6.07, 6.45) is 11.8. The van der Waals surface area contributed by atoms with Gasteiger partial charge in [0.05, 0.1) is 0 Å². The van der Waals surface area contributed by atoms with Crippen LogP contribution in [0, 0.1) is 5.92 Å². The van der Waals surface area contributed by atoms with Gasteiger partial charge in [-0.05, 0) is 51.0 Å². The molecule has 1 atom stereocenters. The zero-order chi connectivity index (χ0) is 12.8. The highest BCUT2D eigenvalue weighted by atomic mass is 16.2. The Balaban J connectivity index is 1.77. The Morgan fingerprint density at radius 1 is 1.06 bits per heavy atom. The minimum Gasteiger partial charge on any atom is -0.339 e. The monoisotopic (exact) mass is 252 g/mol. The molecule has 3 nitrogen and oxygen atoms in total. The summed E-state index contributed by atoms with van der Waals surface area (Å²) in [6.45, 7) is 1.76. The maximum atomic E-state index is 12.3. The van der Waals surface area contributed by atoms with E-state index >= 15 is 0 Å². The van der Waals surface area contributed by atoms with Gasteiger partial charge < -0.3 is 10.6 Å². The lowest BCUT2D eigenvalue weighted by Crippen LogP contribution is -2.39. The number of carbonyl (C=O) groups excluding carboxylic acids is 1. The van der Waals surface area contributed by atoms with E-state index in [-0.39, 0.29) is 0 Å². The van der Waals surface area contributed by atoms with Crippen LogP contribution in [-0.4, -0.2) is 29.9 Å². The summed E-state index contributed by atoms with van der Waals surface area (Å²) in [5.74, 6) is 1.21. The molecule has 1 heterocycles. The SMILES string of the molecule is NCCCCCC(=O)N1CCCC1C1CCCC1. The van der Waals surface area contributed by atoms with E-state index in [0.717, 1.165) is 44.7 Å². The quantitative estimate of drug-likeness (QED) is 0.739. The minimum atomic E-state index is 0.404. The third kappa shape index (κ3) is 3.47. The Hall–Kier alpha value is -0.570. The Morgan fingerprint density at radius 2 is 1.83 bits per heavy atom. The molecule has 1 unspecified atom stereocenters. The number of likely N-dealkylation sites (tertiary alicyclic amines) is 1. The van der Waals surface area contributed by atoms with Gasteiger partial charge in [0.25, 0.3) is 0 Å². The van der Waals surface area contributed by atoms with Crippen molar-refractivity contribution in [3.63, 3.8) is 0 Å². The van der Waals surface area contributed by atoms with Crippen molar-refractivity contribution in [1.82, 2.24) is 4.90 Å². The Morgan fingerprint density at radius 3 is 2.56 bits per heavy atom. The Bertz CT molecular complexity index is 261. The van der Waals surface area contributed by atoms with Crippen molar-refractivity contribution >= 4 is 5.91 Å². The number of unbranched alkanes of at least 4 members (excludes halogenated alkanes) is 2. The average Bonchev–Trinajstić information content (AvgIpc) is 3.02. The predicted octanol–water partition coefficient (Wildman–Crippen LogP) is 2.69. The highest BCUT2D eigenvalue weighted by Crippen LogP contribution is 2.35. The van der Waals surface area contributed by atoms with Crippen molar-refractivity contribution in [3.8, 4) is 0 Å². The lowest BCUT2D eigenvalue weighted by atomic mass is 9.96. The van der Waals surface area contributed by atoms with Gasteiger partial charge in [0, 0.05) is 19.0 Å². The van der Waals surface area contributed by atoms with Crippen molar-refractivity contribution in [2.75, 3.05) is 13.1 Å². The fraction of sp³-hybridized carbons (Fsp3) is 0.933. The number of amides is 1. The average molecular weight is 252 g/mol. The molecule has 0 bridgehead atoms. The molecule has 104 valence electrons. The molecule has 1 saturated heterocycles. The van der Waals surface area contributed by atoms with Crippen molar-refractivity contribution in [1.29, 1.82) is 0 Å². The van der Waals surface area contributed by atoms with Crippen LogP contribution in [0.3, 0.4) is 0 Å². The summed E-state index contributed by atoms with van der Waals surface area (Å²) in [5.41, 5.74) is 5.48. The molecule has 1 aliphatic carbocycles. The van der Waals surface area contributed by atoms with E-state index in [1.165, 1.54) is 38.5 Å². The van der Waals surface area contributed by atoms with Gasteiger partial charge in [-0.2, -0.15) is 0 Å². The van der Waals surface area contributed by atoms with E-state index in [1.807, 2.05) is 0 Å². The summed E-state index contributed by atoms with van der Waals surface area (Å²) in [6, 6.07) is 0.578. The highest BCUT2D eigenvalue weighted by molar-refractivity contribution is 5.76. The molecule has 0 aromatic heterocycles. The summed E-state index contributed by atoms with van der Waals surface area (Å²) >= 11 is 0. The van der Waals surface area contributed by atoms with Gasteiger partial charge in [0.2, 0.25) is 5.91 Å². The molecule has 2 N–H and O–H groups in total. The molecule has 3 heteroatoms. The van der Waals surface area contributed by atoms with Crippen LogP contribution in [0.4, 0.5) is 0 Å². The minimum absolute atomic E-state index is 0.404. The van der Waals surface area contributed by atoms with Crippen LogP contribution in [0.25, 0.3) is 0 Å². The van der Waals surface area contributed by atoms with Gasteiger partial charge in [-0.15, -0.1) is 0 Å². The normalized spacial score (nSPS) is 24.9. The van der Waals surface area contributed by atoms with Gasteiger partial charge in [-0.1, -0.05) is 19.3 Å². The maximum absolute atomic E-state index is 12.3. The lowest BCUT2D eigenvalue weighted by molar-refractivity contribution is -0.133. The van der Waals surface area contributed by atoms with Crippen molar-refractivity contribution in [2.45, 2.75) is 70.3 Å². The summed E-state index contributed by atoms with van der Waals surface area (Å²) in [5, 5.41) is 0. The van der Waals surface area contributed by atoms with Crippen molar-refractivity contribution < 1.29 is 4.79 Å². The Labute approximate surface area is 111 Å². The van der Waals surface area contributed by atoms with Crippen LogP contribution < -0.4 is 5.73 Å². The molecule has 18 heavy (non-hydrogen) atoms. The molecule has 1 amide bonds. The zero-order valence-corrected chi connectivity index (χ0v) is 11.6. The largest absolute Gasteiger partial charge is 0.339 e. The van der Waals surface area contributed by atoms with E-state index in [1.54, 1.807) is 0 Å². The van der Waals surface area contributed by atoms with Crippen LogP contribution >= 0.6 is 0 Å². The Kier molecular flexibility index (Phi) is 5.48. The van der Waals surface area contributed by atoms with Crippen LogP contribution in [0.2, 0.25) is 0 Å². The number of carbonyl (C=O) groups is 1. The molecule has 0 aromatic rings. The molecule has 0 radical (unpaired) electrons. The summed E-state index contributed by atoms with van der Waals surface area (Å²) in [4.78, 5) is 14.5. The molecular formula is C15H28N2O. The second-order valence-corrected chi connectivity index (χ2v) is 5.94. The number of hydrogen-bond donors (Lipinski definition) is 1. The number of nitrogens with two attached hydrogens (primary N) is 1. The summed E-state index contributed by atoms with van der Waals surface area (Å²) in [7, 11) is 0. The van der Waals surface area contributed by atoms with Crippen molar-refractivity contribution in [2.24, 2.45) is 11.7 Å².